The molecule has 2 aromatic rings. The van der Waals surface area contributed by atoms with Crippen molar-refractivity contribution < 1.29 is 22.3 Å². The second-order valence-electron chi connectivity index (χ2n) is 6.40. The molecule has 1 N–H and O–H groups in total. The zero-order chi connectivity index (χ0) is 20.9. The van der Waals surface area contributed by atoms with E-state index in [1.807, 2.05) is 6.92 Å². The van der Waals surface area contributed by atoms with Gasteiger partial charge in [-0.15, -0.1) is 0 Å². The maximum Gasteiger partial charge on any atom is 0.271 e. The van der Waals surface area contributed by atoms with Crippen LogP contribution in [0.4, 0.5) is 4.39 Å². The van der Waals surface area contributed by atoms with E-state index in [4.69, 9.17) is 4.74 Å². The van der Waals surface area contributed by atoms with Crippen LogP contribution in [0.25, 0.3) is 0 Å². The average Bonchev–Trinajstić information content (AvgIpc) is 2.76. The number of hydrazone groups is 1. The van der Waals surface area contributed by atoms with Crippen LogP contribution in [-0.4, -0.2) is 50.6 Å². The topological polar surface area (TPSA) is 88.1 Å². The summed E-state index contributed by atoms with van der Waals surface area (Å²) in [6, 6.07) is 11.6. The lowest BCUT2D eigenvalue weighted by Crippen LogP contribution is -2.40. The van der Waals surface area contributed by atoms with Gasteiger partial charge < -0.3 is 4.74 Å². The highest BCUT2D eigenvalue weighted by molar-refractivity contribution is 7.89. The van der Waals surface area contributed by atoms with Gasteiger partial charge in [-0.3, -0.25) is 4.79 Å². The molecule has 0 saturated carbocycles. The molecule has 1 heterocycles. The van der Waals surface area contributed by atoms with Crippen LogP contribution in [0.5, 0.6) is 0 Å². The smallest absolute Gasteiger partial charge is 0.271 e. The lowest BCUT2D eigenvalue weighted by atomic mass is 10.1. The molecule has 0 bridgehead atoms. The summed E-state index contributed by atoms with van der Waals surface area (Å²) in [6.07, 6.45) is 0.525. The van der Waals surface area contributed by atoms with Crippen molar-refractivity contribution in [2.75, 3.05) is 26.3 Å². The van der Waals surface area contributed by atoms with Gasteiger partial charge in [-0.05, 0) is 42.3 Å². The first-order chi connectivity index (χ1) is 13.9. The quantitative estimate of drug-likeness (QED) is 0.575. The fourth-order valence-electron chi connectivity index (χ4n) is 2.91. The fraction of sp³-hybridized carbons (Fsp3) is 0.300. The number of nitrogens with one attached hydrogen (secondary N) is 1. The van der Waals surface area contributed by atoms with Gasteiger partial charge in [0.2, 0.25) is 10.0 Å². The molecule has 1 aliphatic rings. The Morgan fingerprint density at radius 3 is 2.48 bits per heavy atom. The zero-order valence-corrected chi connectivity index (χ0v) is 16.8. The number of hydrogen-bond donors (Lipinski definition) is 1. The molecule has 2 aromatic carbocycles. The minimum Gasteiger partial charge on any atom is -0.379 e. The Bertz CT molecular complexity index is 1000. The Hall–Kier alpha value is -2.62. The third kappa shape index (κ3) is 5.06. The molecule has 1 fully saturated rings. The molecule has 154 valence electrons. The Kier molecular flexibility index (Phi) is 6.73. The van der Waals surface area contributed by atoms with Crippen LogP contribution < -0.4 is 5.43 Å². The summed E-state index contributed by atoms with van der Waals surface area (Å²) in [5, 5.41) is 4.12. The van der Waals surface area contributed by atoms with Gasteiger partial charge in [0, 0.05) is 18.7 Å². The molecular formula is C20H22FN3O4S. The van der Waals surface area contributed by atoms with Gasteiger partial charge in [0.25, 0.3) is 5.91 Å². The molecule has 1 aliphatic heterocycles. The molecule has 0 aromatic heterocycles. The van der Waals surface area contributed by atoms with Crippen LogP contribution >= 0.6 is 0 Å². The predicted molar refractivity (Wildman–Crippen MR) is 107 cm³/mol. The van der Waals surface area contributed by atoms with E-state index in [-0.39, 0.29) is 29.4 Å². The van der Waals surface area contributed by atoms with Crippen LogP contribution in [0, 0.1) is 5.82 Å². The number of halogens is 1. The highest BCUT2D eigenvalue weighted by Crippen LogP contribution is 2.18. The van der Waals surface area contributed by atoms with E-state index in [1.54, 1.807) is 12.1 Å². The van der Waals surface area contributed by atoms with Crippen molar-refractivity contribution >= 4 is 21.6 Å². The van der Waals surface area contributed by atoms with E-state index in [9.17, 15) is 17.6 Å². The molecular weight excluding hydrogens is 397 g/mol. The number of nitrogens with zero attached hydrogens (tertiary/aromatic N) is 2. The molecule has 0 aliphatic carbocycles. The number of morpholine rings is 1. The summed E-state index contributed by atoms with van der Waals surface area (Å²) in [7, 11) is -3.70. The van der Waals surface area contributed by atoms with Crippen molar-refractivity contribution in [3.63, 3.8) is 0 Å². The van der Waals surface area contributed by atoms with E-state index < -0.39 is 15.9 Å². The largest absolute Gasteiger partial charge is 0.379 e. The predicted octanol–water partition coefficient (Wildman–Crippen LogP) is 2.39. The molecule has 7 nitrogen and oxygen atoms in total. The second-order valence-corrected chi connectivity index (χ2v) is 8.34. The van der Waals surface area contributed by atoms with Gasteiger partial charge in [-0.25, -0.2) is 18.2 Å². The first-order valence-electron chi connectivity index (χ1n) is 9.22. The number of hydrogen-bond acceptors (Lipinski definition) is 5. The number of ether oxygens (including phenoxy) is 1. The summed E-state index contributed by atoms with van der Waals surface area (Å²) in [6.45, 7) is 3.11. The molecule has 0 radical (unpaired) electrons. The lowest BCUT2D eigenvalue weighted by molar-refractivity contribution is 0.0730. The van der Waals surface area contributed by atoms with Gasteiger partial charge in [0.05, 0.1) is 23.8 Å². The van der Waals surface area contributed by atoms with Crippen LogP contribution in [0.2, 0.25) is 0 Å². The van der Waals surface area contributed by atoms with Crippen molar-refractivity contribution in [3.8, 4) is 0 Å². The van der Waals surface area contributed by atoms with E-state index in [2.05, 4.69) is 10.5 Å². The Labute approximate surface area is 169 Å². The SMILES string of the molecule is CC/C(=N\NC(=O)c1cccc(S(=O)(=O)N2CCOCC2)c1)c1ccc(F)cc1. The molecule has 0 unspecified atom stereocenters. The van der Waals surface area contributed by atoms with Crippen molar-refractivity contribution in [2.45, 2.75) is 18.2 Å². The van der Waals surface area contributed by atoms with Crippen LogP contribution in [0.15, 0.2) is 58.5 Å². The Morgan fingerprint density at radius 1 is 1.14 bits per heavy atom. The van der Waals surface area contributed by atoms with Crippen LogP contribution in [-0.2, 0) is 14.8 Å². The first kappa shape index (κ1) is 21.1. The highest BCUT2D eigenvalue weighted by atomic mass is 32.2. The van der Waals surface area contributed by atoms with Crippen LogP contribution in [0.3, 0.4) is 0 Å². The normalized spacial score (nSPS) is 15.9. The molecule has 0 atom stereocenters. The minimum absolute atomic E-state index is 0.0466. The Morgan fingerprint density at radius 2 is 1.83 bits per heavy atom. The molecule has 3 rings (SSSR count). The summed E-state index contributed by atoms with van der Waals surface area (Å²) in [5.41, 5.74) is 3.90. The van der Waals surface area contributed by atoms with Crippen molar-refractivity contribution in [1.82, 2.24) is 9.73 Å². The van der Waals surface area contributed by atoms with Crippen molar-refractivity contribution in [2.24, 2.45) is 5.10 Å². The number of rotatable bonds is 6. The van der Waals surface area contributed by atoms with E-state index in [0.29, 0.717) is 30.9 Å². The van der Waals surface area contributed by atoms with Crippen molar-refractivity contribution in [3.05, 3.63) is 65.5 Å². The average molecular weight is 419 g/mol. The van der Waals surface area contributed by atoms with Gasteiger partial charge in [0.1, 0.15) is 5.82 Å². The summed E-state index contributed by atoms with van der Waals surface area (Å²) in [5.74, 6) is -0.886. The molecule has 9 heteroatoms. The molecule has 0 spiro atoms. The van der Waals surface area contributed by atoms with Gasteiger partial charge in [0.15, 0.2) is 0 Å². The minimum atomic E-state index is -3.70. The number of benzene rings is 2. The third-order valence-electron chi connectivity index (χ3n) is 4.51. The van der Waals surface area contributed by atoms with Crippen molar-refractivity contribution in [1.29, 1.82) is 0 Å². The monoisotopic (exact) mass is 419 g/mol. The first-order valence-corrected chi connectivity index (χ1v) is 10.7. The fourth-order valence-corrected chi connectivity index (χ4v) is 4.36. The van der Waals surface area contributed by atoms with E-state index in [0.717, 1.165) is 0 Å². The molecule has 29 heavy (non-hydrogen) atoms. The zero-order valence-electron chi connectivity index (χ0n) is 16.0. The number of carbonyl (C=O) groups is 1. The van der Waals surface area contributed by atoms with Crippen LogP contribution in [0.1, 0.15) is 29.3 Å². The molecule has 1 amide bonds. The summed E-state index contributed by atoms with van der Waals surface area (Å²) >= 11 is 0. The van der Waals surface area contributed by atoms with Gasteiger partial charge in [-0.1, -0.05) is 25.1 Å². The second kappa shape index (κ2) is 9.25. The number of carbonyl (C=O) groups excluding carboxylic acids is 1. The number of amides is 1. The molecule has 1 saturated heterocycles. The third-order valence-corrected chi connectivity index (χ3v) is 6.40. The highest BCUT2D eigenvalue weighted by Gasteiger charge is 2.26. The lowest BCUT2D eigenvalue weighted by Gasteiger charge is -2.26. The maximum atomic E-state index is 13.1. The van der Waals surface area contributed by atoms with E-state index >= 15 is 0 Å². The van der Waals surface area contributed by atoms with E-state index in [1.165, 1.54) is 40.7 Å². The summed E-state index contributed by atoms with van der Waals surface area (Å²) in [4.78, 5) is 12.5. The standard InChI is InChI=1S/C20H22FN3O4S/c1-2-19(15-6-8-17(21)9-7-15)22-23-20(25)16-4-3-5-18(14-16)29(26,27)24-10-12-28-13-11-24/h3-9,14H,2,10-13H2,1H3,(H,23,25)/b22-19+. The Balaban J connectivity index is 1.77. The van der Waals surface area contributed by atoms with Gasteiger partial charge >= 0.3 is 0 Å². The summed E-state index contributed by atoms with van der Waals surface area (Å²) < 4.78 is 45.2. The maximum absolute atomic E-state index is 13.1. The number of sulfonamides is 1. The van der Waals surface area contributed by atoms with Gasteiger partial charge in [-0.2, -0.15) is 9.41 Å².